The molecule has 1 saturated carbocycles. The van der Waals surface area contributed by atoms with E-state index in [2.05, 4.69) is 24.1 Å². The second-order valence-corrected chi connectivity index (χ2v) is 9.79. The third-order valence-electron chi connectivity index (χ3n) is 6.60. The van der Waals surface area contributed by atoms with E-state index in [0.717, 1.165) is 44.5 Å². The second kappa shape index (κ2) is 9.80. The van der Waals surface area contributed by atoms with Gasteiger partial charge in [0.2, 0.25) is 11.1 Å². The average Bonchev–Trinajstić information content (AvgIpc) is 3.02. The Morgan fingerprint density at radius 3 is 2.86 bits per heavy atom. The molecule has 160 valence electrons. The number of nitrogens with two attached hydrogens (primary N) is 1. The lowest BCUT2D eigenvalue weighted by atomic mass is 9.73. The fraction of sp³-hybridized carbons (Fsp3) is 0.850. The number of rotatable bonds is 7. The Hall–Kier alpha value is -0.800. The van der Waals surface area contributed by atoms with Crippen molar-refractivity contribution in [2.75, 3.05) is 13.2 Å². The SMILES string of the molecule is CC(C)[C@H]1CC[C@@H](OC[C@@H]2NCCC[C@@H]2N)C(Cc2nc(S(=O)O)cn2C)C1. The van der Waals surface area contributed by atoms with Crippen LogP contribution >= 0.6 is 0 Å². The molecule has 0 spiro atoms. The summed E-state index contributed by atoms with van der Waals surface area (Å²) in [6.45, 7) is 6.25. The van der Waals surface area contributed by atoms with Crippen molar-refractivity contribution < 1.29 is 13.5 Å². The van der Waals surface area contributed by atoms with E-state index in [-0.39, 0.29) is 23.2 Å². The van der Waals surface area contributed by atoms with Crippen LogP contribution in [0.5, 0.6) is 0 Å². The zero-order valence-corrected chi connectivity index (χ0v) is 18.2. The van der Waals surface area contributed by atoms with Gasteiger partial charge in [-0.25, -0.2) is 9.19 Å². The largest absolute Gasteiger partial charge is 0.376 e. The smallest absolute Gasteiger partial charge is 0.207 e. The molecule has 1 saturated heterocycles. The van der Waals surface area contributed by atoms with Gasteiger partial charge < -0.3 is 24.9 Å². The van der Waals surface area contributed by atoms with Crippen molar-refractivity contribution in [2.45, 2.75) is 75.6 Å². The minimum atomic E-state index is -2.04. The summed E-state index contributed by atoms with van der Waals surface area (Å²) in [7, 11) is 1.89. The van der Waals surface area contributed by atoms with Gasteiger partial charge in [0.1, 0.15) is 5.82 Å². The molecule has 2 fully saturated rings. The van der Waals surface area contributed by atoms with Crippen molar-refractivity contribution in [2.24, 2.45) is 30.5 Å². The topological polar surface area (TPSA) is 102 Å². The van der Waals surface area contributed by atoms with Gasteiger partial charge in [0.15, 0.2) is 5.03 Å². The molecule has 2 unspecified atom stereocenters. The predicted octanol–water partition coefficient (Wildman–Crippen LogP) is 2.08. The minimum Gasteiger partial charge on any atom is -0.376 e. The molecule has 0 aromatic carbocycles. The van der Waals surface area contributed by atoms with Crippen molar-refractivity contribution in [3.8, 4) is 0 Å². The highest BCUT2D eigenvalue weighted by Crippen LogP contribution is 2.37. The lowest BCUT2D eigenvalue weighted by Crippen LogP contribution is -2.52. The predicted molar refractivity (Wildman–Crippen MR) is 110 cm³/mol. The summed E-state index contributed by atoms with van der Waals surface area (Å²) in [6.07, 6.45) is 8.14. The van der Waals surface area contributed by atoms with Gasteiger partial charge in [-0.3, -0.25) is 0 Å². The lowest BCUT2D eigenvalue weighted by Gasteiger charge is -2.39. The molecule has 0 amide bonds. The van der Waals surface area contributed by atoms with E-state index < -0.39 is 11.1 Å². The van der Waals surface area contributed by atoms with Gasteiger partial charge in [0.05, 0.1) is 12.7 Å². The highest BCUT2D eigenvalue weighted by Gasteiger charge is 2.34. The van der Waals surface area contributed by atoms with E-state index in [9.17, 15) is 8.76 Å². The first kappa shape index (κ1) is 21.9. The van der Waals surface area contributed by atoms with Crippen LogP contribution < -0.4 is 11.1 Å². The number of ether oxygens (including phenoxy) is 1. The molecule has 1 aliphatic carbocycles. The van der Waals surface area contributed by atoms with Gasteiger partial charge in [0.25, 0.3) is 0 Å². The van der Waals surface area contributed by atoms with Crippen molar-refractivity contribution in [1.82, 2.24) is 14.9 Å². The molecule has 4 N–H and O–H groups in total. The van der Waals surface area contributed by atoms with E-state index >= 15 is 0 Å². The van der Waals surface area contributed by atoms with Crippen molar-refractivity contribution in [3.05, 3.63) is 12.0 Å². The molecule has 2 heterocycles. The van der Waals surface area contributed by atoms with E-state index in [1.54, 1.807) is 6.20 Å². The van der Waals surface area contributed by atoms with Crippen LogP contribution in [0.1, 0.15) is 51.8 Å². The molecule has 0 bridgehead atoms. The van der Waals surface area contributed by atoms with Crippen LogP contribution in [0.4, 0.5) is 0 Å². The third-order valence-corrected chi connectivity index (χ3v) is 7.15. The average molecular weight is 413 g/mol. The Morgan fingerprint density at radius 2 is 2.21 bits per heavy atom. The minimum absolute atomic E-state index is 0.163. The van der Waals surface area contributed by atoms with Crippen LogP contribution in [-0.2, 0) is 29.3 Å². The molecule has 1 aromatic heterocycles. The Labute approximate surface area is 171 Å². The van der Waals surface area contributed by atoms with E-state index in [4.69, 9.17) is 10.5 Å². The summed E-state index contributed by atoms with van der Waals surface area (Å²) in [5.74, 6) is 2.56. The van der Waals surface area contributed by atoms with Gasteiger partial charge in [0, 0.05) is 31.7 Å². The number of aryl methyl sites for hydroxylation is 1. The first-order valence-electron chi connectivity index (χ1n) is 10.6. The Morgan fingerprint density at radius 1 is 1.43 bits per heavy atom. The zero-order chi connectivity index (χ0) is 20.3. The first-order valence-corrected chi connectivity index (χ1v) is 11.7. The molecular weight excluding hydrogens is 376 g/mol. The number of hydrogen-bond donors (Lipinski definition) is 3. The fourth-order valence-corrected chi connectivity index (χ4v) is 5.11. The number of imidazole rings is 1. The number of aromatic nitrogens is 2. The fourth-order valence-electron chi connectivity index (χ4n) is 4.68. The van der Waals surface area contributed by atoms with Crippen LogP contribution in [0, 0.1) is 17.8 Å². The molecule has 8 heteroatoms. The molecule has 6 atom stereocenters. The van der Waals surface area contributed by atoms with E-state index in [0.29, 0.717) is 24.4 Å². The van der Waals surface area contributed by atoms with Crippen LogP contribution in [0.15, 0.2) is 11.2 Å². The molecule has 1 aromatic rings. The lowest BCUT2D eigenvalue weighted by molar-refractivity contribution is -0.0406. The quantitative estimate of drug-likeness (QED) is 0.593. The van der Waals surface area contributed by atoms with Crippen LogP contribution in [0.3, 0.4) is 0 Å². The number of piperidine rings is 1. The number of nitrogens with one attached hydrogen (secondary N) is 1. The summed E-state index contributed by atoms with van der Waals surface area (Å²) in [6, 6.07) is 0.393. The standard InChI is InChI=1S/C20H36N4O3S/c1-13(2)14-6-7-18(27-12-17-16(21)5-4-8-22-17)15(9-14)10-19-23-20(28(25)26)11-24(19)3/h11,13-18,22H,4-10,12,21H2,1-3H3,(H,25,26)/t14-,15?,16-,17-,18+/m0/s1. The maximum absolute atomic E-state index is 11.4. The molecule has 0 radical (unpaired) electrons. The highest BCUT2D eigenvalue weighted by molar-refractivity contribution is 7.79. The Kier molecular flexibility index (Phi) is 7.67. The second-order valence-electron chi connectivity index (χ2n) is 8.88. The van der Waals surface area contributed by atoms with Gasteiger partial charge in [-0.1, -0.05) is 13.8 Å². The Bertz CT molecular complexity index is 666. The molecule has 7 nitrogen and oxygen atoms in total. The maximum atomic E-state index is 11.4. The summed E-state index contributed by atoms with van der Waals surface area (Å²) in [5, 5.41) is 3.72. The number of nitrogens with zero attached hydrogens (tertiary/aromatic N) is 2. The Balaban J connectivity index is 1.67. The molecule has 3 rings (SSSR count). The summed E-state index contributed by atoms with van der Waals surface area (Å²) >= 11 is -2.04. The molecule has 28 heavy (non-hydrogen) atoms. The molecule has 1 aliphatic heterocycles. The van der Waals surface area contributed by atoms with Crippen molar-refractivity contribution in [1.29, 1.82) is 0 Å². The highest BCUT2D eigenvalue weighted by atomic mass is 32.2. The first-order chi connectivity index (χ1) is 13.3. The van der Waals surface area contributed by atoms with Gasteiger partial charge in [-0.15, -0.1) is 0 Å². The number of hydrogen-bond acceptors (Lipinski definition) is 5. The van der Waals surface area contributed by atoms with Crippen LogP contribution in [0.25, 0.3) is 0 Å². The normalized spacial score (nSPS) is 32.6. The van der Waals surface area contributed by atoms with Crippen LogP contribution in [0.2, 0.25) is 0 Å². The molecule has 2 aliphatic rings. The van der Waals surface area contributed by atoms with Crippen molar-refractivity contribution in [3.63, 3.8) is 0 Å². The van der Waals surface area contributed by atoms with Gasteiger partial charge in [-0.2, -0.15) is 0 Å². The summed E-state index contributed by atoms with van der Waals surface area (Å²) in [5.41, 5.74) is 6.26. The molecular formula is C20H36N4O3S. The van der Waals surface area contributed by atoms with E-state index in [1.165, 1.54) is 6.42 Å². The third kappa shape index (κ3) is 5.42. The maximum Gasteiger partial charge on any atom is 0.207 e. The van der Waals surface area contributed by atoms with Gasteiger partial charge in [-0.05, 0) is 56.4 Å². The summed E-state index contributed by atoms with van der Waals surface area (Å²) < 4.78 is 29.0. The summed E-state index contributed by atoms with van der Waals surface area (Å²) in [4.78, 5) is 4.39. The van der Waals surface area contributed by atoms with Crippen LogP contribution in [-0.4, -0.2) is 49.7 Å². The van der Waals surface area contributed by atoms with E-state index in [1.807, 2.05) is 11.6 Å². The monoisotopic (exact) mass is 412 g/mol. The van der Waals surface area contributed by atoms with Crippen molar-refractivity contribution >= 4 is 11.1 Å². The van der Waals surface area contributed by atoms with Gasteiger partial charge >= 0.3 is 0 Å². The zero-order valence-electron chi connectivity index (χ0n) is 17.3.